The van der Waals surface area contributed by atoms with Gasteiger partial charge >= 0.3 is 0 Å². The van der Waals surface area contributed by atoms with Gasteiger partial charge in [-0.05, 0) is 68.5 Å². The molecule has 1 N–H and O–H groups in total. The van der Waals surface area contributed by atoms with Gasteiger partial charge in [-0.3, -0.25) is 4.98 Å². The summed E-state index contributed by atoms with van der Waals surface area (Å²) in [4.78, 5) is 15.6. The number of hydrogen-bond acceptors (Lipinski definition) is 10. The lowest BCUT2D eigenvalue weighted by Crippen LogP contribution is -2.38. The smallest absolute Gasteiger partial charge is 0.256 e. The molecule has 3 aromatic heterocycles. The van der Waals surface area contributed by atoms with Crippen LogP contribution in [0.15, 0.2) is 77.7 Å². The van der Waals surface area contributed by atoms with Gasteiger partial charge in [0, 0.05) is 57.2 Å². The molecule has 5 rings (SSSR count). The highest BCUT2D eigenvalue weighted by molar-refractivity contribution is 9.10. The lowest BCUT2D eigenvalue weighted by Gasteiger charge is -2.39. The summed E-state index contributed by atoms with van der Waals surface area (Å²) in [6.45, 7) is 0.533. The Labute approximate surface area is 283 Å². The second-order valence-corrected chi connectivity index (χ2v) is 12.2. The van der Waals surface area contributed by atoms with Crippen LogP contribution < -0.4 is 23.7 Å². The molecule has 0 saturated carbocycles. The van der Waals surface area contributed by atoms with Crippen LogP contribution in [0.3, 0.4) is 0 Å². The van der Waals surface area contributed by atoms with Gasteiger partial charge in [0.25, 0.3) is 5.88 Å². The quantitative estimate of drug-likeness (QED) is 0.147. The summed E-state index contributed by atoms with van der Waals surface area (Å²) in [6, 6.07) is 17.4. The van der Waals surface area contributed by atoms with Crippen molar-refractivity contribution >= 4 is 26.8 Å². The molecule has 0 amide bonds. The molecule has 0 radical (unpaired) electrons. The van der Waals surface area contributed by atoms with Crippen LogP contribution in [0.1, 0.15) is 29.0 Å². The number of fused-ring (bicyclic) bond motifs is 1. The molecule has 3 heterocycles. The lowest BCUT2D eigenvalue weighted by molar-refractivity contribution is 0.00260. The SMILES string of the molecule is COc1cc([C@](O)(CCN(C)C)[C@@H](c2cc3cc(Br)ccc3nc2OC)c2ccc(-c3ccncc3)c(OC)c2OC)cnc1OC. The molecular weight excluding hydrogens is 664 g/mol. The summed E-state index contributed by atoms with van der Waals surface area (Å²) in [5.74, 6) is 1.22. The Bertz CT molecular complexity index is 1860. The Morgan fingerprint density at radius 1 is 0.809 bits per heavy atom. The Morgan fingerprint density at radius 3 is 2.17 bits per heavy atom. The van der Waals surface area contributed by atoms with E-state index in [9.17, 15) is 5.11 Å². The molecule has 2 aromatic carbocycles. The largest absolute Gasteiger partial charge is 0.493 e. The first-order valence-electron chi connectivity index (χ1n) is 14.9. The fourth-order valence-corrected chi connectivity index (χ4v) is 6.37. The summed E-state index contributed by atoms with van der Waals surface area (Å²) in [7, 11) is 11.8. The second-order valence-electron chi connectivity index (χ2n) is 11.3. The van der Waals surface area contributed by atoms with Crippen LogP contribution in [-0.4, -0.2) is 81.1 Å². The molecule has 0 saturated heterocycles. The summed E-state index contributed by atoms with van der Waals surface area (Å²) in [5, 5.41) is 14.2. The van der Waals surface area contributed by atoms with Crippen LogP contribution in [0, 0.1) is 0 Å². The maximum atomic E-state index is 13.3. The van der Waals surface area contributed by atoms with Gasteiger partial charge in [-0.15, -0.1) is 0 Å². The van der Waals surface area contributed by atoms with E-state index < -0.39 is 11.5 Å². The van der Waals surface area contributed by atoms with Gasteiger partial charge in [-0.2, -0.15) is 0 Å². The predicted octanol–water partition coefficient (Wildman–Crippen LogP) is 6.47. The molecule has 0 aliphatic rings. The molecular formula is C36H39BrN4O6. The van der Waals surface area contributed by atoms with Crippen LogP contribution in [0.4, 0.5) is 0 Å². The number of hydrogen-bond donors (Lipinski definition) is 1. The number of pyridine rings is 3. The minimum atomic E-state index is -1.61. The van der Waals surface area contributed by atoms with Gasteiger partial charge in [-0.1, -0.05) is 28.1 Å². The fraction of sp³-hybridized carbons (Fsp3) is 0.306. The minimum absolute atomic E-state index is 0.291. The number of aliphatic hydroxyl groups is 1. The molecule has 47 heavy (non-hydrogen) atoms. The maximum absolute atomic E-state index is 13.3. The minimum Gasteiger partial charge on any atom is -0.493 e. The van der Waals surface area contributed by atoms with Crippen molar-refractivity contribution in [3.05, 3.63) is 94.4 Å². The van der Waals surface area contributed by atoms with E-state index in [0.29, 0.717) is 58.7 Å². The zero-order valence-corrected chi connectivity index (χ0v) is 29.2. The predicted molar refractivity (Wildman–Crippen MR) is 185 cm³/mol. The highest BCUT2D eigenvalue weighted by Gasteiger charge is 2.45. The van der Waals surface area contributed by atoms with E-state index in [1.54, 1.807) is 53.1 Å². The van der Waals surface area contributed by atoms with Gasteiger partial charge in [-0.25, -0.2) is 9.97 Å². The third kappa shape index (κ3) is 6.69. The first-order chi connectivity index (χ1) is 22.7. The molecule has 5 aromatic rings. The van der Waals surface area contributed by atoms with E-state index in [1.807, 2.05) is 67.5 Å². The van der Waals surface area contributed by atoms with Crippen molar-refractivity contribution in [3.63, 3.8) is 0 Å². The highest BCUT2D eigenvalue weighted by atomic mass is 79.9. The van der Waals surface area contributed by atoms with Gasteiger partial charge in [0.1, 0.15) is 5.60 Å². The summed E-state index contributed by atoms with van der Waals surface area (Å²) >= 11 is 3.60. The first kappa shape index (κ1) is 33.9. The number of nitrogens with zero attached hydrogens (tertiary/aromatic N) is 4. The molecule has 0 aliphatic heterocycles. The van der Waals surface area contributed by atoms with E-state index in [0.717, 1.165) is 26.5 Å². The van der Waals surface area contributed by atoms with Crippen LogP contribution in [0.5, 0.6) is 29.0 Å². The zero-order valence-electron chi connectivity index (χ0n) is 27.6. The zero-order chi connectivity index (χ0) is 33.7. The van der Waals surface area contributed by atoms with Crippen LogP contribution in [-0.2, 0) is 5.60 Å². The first-order valence-corrected chi connectivity index (χ1v) is 15.7. The average Bonchev–Trinajstić information content (AvgIpc) is 3.10. The van der Waals surface area contributed by atoms with Crippen molar-refractivity contribution < 1.29 is 28.8 Å². The summed E-state index contributed by atoms with van der Waals surface area (Å²) in [6.07, 6.45) is 5.37. The van der Waals surface area contributed by atoms with E-state index >= 15 is 0 Å². The van der Waals surface area contributed by atoms with Crippen LogP contribution in [0.2, 0.25) is 0 Å². The summed E-state index contributed by atoms with van der Waals surface area (Å²) in [5.41, 5.74) is 2.67. The molecule has 246 valence electrons. The highest BCUT2D eigenvalue weighted by Crippen LogP contribution is 2.53. The lowest BCUT2D eigenvalue weighted by atomic mass is 9.71. The average molecular weight is 704 g/mol. The van der Waals surface area contributed by atoms with E-state index in [-0.39, 0.29) is 0 Å². The molecule has 0 aliphatic carbocycles. The van der Waals surface area contributed by atoms with Gasteiger partial charge in [0.05, 0.1) is 47.0 Å². The number of methoxy groups -OCH3 is 5. The molecule has 0 unspecified atom stereocenters. The molecule has 10 nitrogen and oxygen atoms in total. The van der Waals surface area contributed by atoms with Gasteiger partial charge < -0.3 is 33.7 Å². The molecule has 0 bridgehead atoms. The normalized spacial score (nSPS) is 13.2. The fourth-order valence-electron chi connectivity index (χ4n) is 5.99. The standard InChI is InChI=1S/C36H39BrN4O6/c1-41(2)17-14-36(42,24-20-30(43-3)35(47-7)39-21-24)31(28-19-23-18-25(37)8-11-29(23)40-34(28)46-6)27-10-9-26(22-12-15-38-16-13-22)32(44-4)33(27)45-5/h8-13,15-16,18-21,31,42H,14,17H2,1-7H3/t31-,36-/m1/s1. The van der Waals surface area contributed by atoms with Crippen molar-refractivity contribution in [3.8, 4) is 40.1 Å². The molecule has 11 heteroatoms. The Morgan fingerprint density at radius 2 is 1.53 bits per heavy atom. The third-order valence-electron chi connectivity index (χ3n) is 8.28. The monoisotopic (exact) mass is 702 g/mol. The number of halogens is 1. The van der Waals surface area contributed by atoms with Crippen molar-refractivity contribution in [1.82, 2.24) is 19.9 Å². The topological polar surface area (TPSA) is 108 Å². The number of rotatable bonds is 13. The third-order valence-corrected chi connectivity index (χ3v) is 8.77. The van der Waals surface area contributed by atoms with E-state index in [1.165, 1.54) is 7.11 Å². The van der Waals surface area contributed by atoms with E-state index in [4.69, 9.17) is 28.7 Å². The Balaban J connectivity index is 1.90. The van der Waals surface area contributed by atoms with Gasteiger partial charge in [0.2, 0.25) is 5.88 Å². The van der Waals surface area contributed by atoms with Crippen molar-refractivity contribution in [1.29, 1.82) is 0 Å². The second kappa shape index (κ2) is 14.5. The number of ether oxygens (including phenoxy) is 5. The van der Waals surface area contributed by atoms with Crippen molar-refractivity contribution in [2.24, 2.45) is 0 Å². The summed E-state index contributed by atoms with van der Waals surface area (Å²) < 4.78 is 30.2. The van der Waals surface area contributed by atoms with Gasteiger partial charge in [0.15, 0.2) is 17.2 Å². The number of aromatic nitrogens is 3. The van der Waals surface area contributed by atoms with Crippen molar-refractivity contribution in [2.45, 2.75) is 17.9 Å². The number of benzene rings is 2. The van der Waals surface area contributed by atoms with Crippen LogP contribution in [0.25, 0.3) is 22.0 Å². The van der Waals surface area contributed by atoms with Crippen molar-refractivity contribution in [2.75, 3.05) is 56.2 Å². The molecule has 0 spiro atoms. The van der Waals surface area contributed by atoms with Crippen LogP contribution >= 0.6 is 15.9 Å². The Kier molecular flexibility index (Phi) is 10.5. The Hall–Kier alpha value is -4.45. The molecule has 2 atom stereocenters. The van der Waals surface area contributed by atoms with E-state index in [2.05, 4.69) is 25.9 Å². The molecule has 0 fully saturated rings. The maximum Gasteiger partial charge on any atom is 0.256 e.